The third-order valence-electron chi connectivity index (χ3n) is 7.43. The summed E-state index contributed by atoms with van der Waals surface area (Å²) in [5.41, 5.74) is 0.464. The van der Waals surface area contributed by atoms with E-state index in [1.54, 1.807) is 0 Å². The number of hydrogen-bond acceptors (Lipinski definition) is 18. The van der Waals surface area contributed by atoms with Crippen LogP contribution in [0.25, 0.3) is 12.2 Å². The zero-order valence-corrected chi connectivity index (χ0v) is 38.1. The van der Waals surface area contributed by atoms with Gasteiger partial charge in [-0.15, -0.1) is 0 Å². The van der Waals surface area contributed by atoms with E-state index in [1.165, 1.54) is 48.6 Å². The number of hydrogen-bond donors (Lipinski definition) is 8. The summed E-state index contributed by atoms with van der Waals surface area (Å²) in [6, 6.07) is 17.0. The standard InChI is InChI=1S/C32H24Cl2N10O12S4.Li.Na/c33-27-39-29(35-19-3-1-5-23(13-19)57(45,46)47)43-31(41-27)37-21-9-17(11-25(15-21)59(51,52)53)7-8-18-10-22(16-26(12-18)60(54,55)56)38-32-42-28(34)40-30(44-32)36-20-4-2-6-24(14-20)58(48,49)50;;/h1-16H,(H,45,46,47)(H,48,49,50)(H,51,52,53)(H,54,55,56)(H2,35,37,39,41,43)(H2,36,38,40,42,44);;/q;2*+1/b8-7+;;. The molecule has 4 aromatic carbocycles. The zero-order valence-electron chi connectivity index (χ0n) is 31.4. The van der Waals surface area contributed by atoms with Gasteiger partial charge in [0, 0.05) is 22.7 Å². The SMILES string of the molecule is O=S(=O)(O)c1cccc(Nc2nc(Cl)nc(Nc3cc(/C=C/c4cc(Nc5nc(Cl)nc(Nc6cccc(S(=O)(=O)O)c6)n5)cc(S(=O)(=O)O)c4)cc(S(=O)(=O)O)c3)n2)c1.[Li+].[Na+]. The van der Waals surface area contributed by atoms with Gasteiger partial charge in [0.1, 0.15) is 0 Å². The van der Waals surface area contributed by atoms with Gasteiger partial charge in [-0.05, 0) is 107 Å². The normalized spacial score (nSPS) is 11.9. The minimum atomic E-state index is -4.83. The van der Waals surface area contributed by atoms with Crippen LogP contribution >= 0.6 is 23.2 Å². The molecule has 2 heterocycles. The summed E-state index contributed by atoms with van der Waals surface area (Å²) in [4.78, 5) is 22.0. The van der Waals surface area contributed by atoms with Crippen LogP contribution in [-0.2, 0) is 40.5 Å². The molecule has 0 bridgehead atoms. The number of rotatable bonds is 14. The minimum Gasteiger partial charge on any atom is -0.324 e. The van der Waals surface area contributed by atoms with Crippen molar-refractivity contribution in [2.24, 2.45) is 0 Å². The van der Waals surface area contributed by atoms with Gasteiger partial charge < -0.3 is 21.3 Å². The fourth-order valence-electron chi connectivity index (χ4n) is 4.98. The van der Waals surface area contributed by atoms with E-state index in [2.05, 4.69) is 51.2 Å². The Morgan fingerprint density at radius 1 is 0.419 bits per heavy atom. The van der Waals surface area contributed by atoms with Gasteiger partial charge in [0.05, 0.1) is 19.6 Å². The molecule has 22 nitrogen and oxygen atoms in total. The average molecular weight is 970 g/mol. The van der Waals surface area contributed by atoms with Gasteiger partial charge in [0.2, 0.25) is 34.4 Å². The van der Waals surface area contributed by atoms with Crippen molar-refractivity contribution in [1.82, 2.24) is 29.9 Å². The van der Waals surface area contributed by atoms with Crippen molar-refractivity contribution in [3.8, 4) is 0 Å². The maximum Gasteiger partial charge on any atom is 1.00 e. The van der Waals surface area contributed by atoms with E-state index < -0.39 is 60.1 Å². The number of aromatic nitrogens is 6. The van der Waals surface area contributed by atoms with Crippen molar-refractivity contribution in [1.29, 1.82) is 0 Å². The fraction of sp³-hybridized carbons (Fsp3) is 0. The third kappa shape index (κ3) is 14.1. The summed E-state index contributed by atoms with van der Waals surface area (Å²) in [6.07, 6.45) is 2.65. The van der Waals surface area contributed by atoms with E-state index in [-0.39, 0.29) is 117 Å². The average Bonchev–Trinajstić information content (AvgIpc) is 3.12. The number of halogens is 2. The number of anilines is 8. The molecule has 6 aromatic rings. The molecule has 0 saturated heterocycles. The molecule has 0 unspecified atom stereocenters. The molecule has 0 aliphatic heterocycles. The second kappa shape index (κ2) is 20.0. The molecule has 312 valence electrons. The van der Waals surface area contributed by atoms with E-state index in [9.17, 15) is 51.9 Å². The molecule has 0 fully saturated rings. The van der Waals surface area contributed by atoms with Crippen molar-refractivity contribution in [2.45, 2.75) is 19.6 Å². The van der Waals surface area contributed by atoms with Crippen molar-refractivity contribution in [3.63, 3.8) is 0 Å². The summed E-state index contributed by atoms with van der Waals surface area (Å²) in [7, 11) is -18.7. The topological polar surface area (TPSA) is 343 Å². The second-order valence-electron chi connectivity index (χ2n) is 11.9. The van der Waals surface area contributed by atoms with Gasteiger partial charge in [-0.2, -0.15) is 63.6 Å². The molecule has 30 heteroatoms. The second-order valence-corrected chi connectivity index (χ2v) is 18.2. The Bertz CT molecular complexity index is 2970. The Kier molecular flexibility index (Phi) is 16.2. The van der Waals surface area contributed by atoms with Crippen LogP contribution in [0.1, 0.15) is 11.1 Å². The molecule has 6 rings (SSSR count). The summed E-state index contributed by atoms with van der Waals surface area (Å²) in [6.45, 7) is 0. The largest absolute Gasteiger partial charge is 1.00 e. The van der Waals surface area contributed by atoms with Gasteiger partial charge in [0.25, 0.3) is 40.5 Å². The first-order valence-corrected chi connectivity index (χ1v) is 22.5. The Hall–Kier alpha value is -4.34. The van der Waals surface area contributed by atoms with E-state index in [0.717, 1.165) is 48.5 Å². The summed E-state index contributed by atoms with van der Waals surface area (Å²) < 4.78 is 134. The molecule has 62 heavy (non-hydrogen) atoms. The molecule has 0 radical (unpaired) electrons. The Balaban J connectivity index is 0.00000422. The Labute approximate surface area is 396 Å². The predicted octanol–water partition coefficient (Wildman–Crippen LogP) is -0.497. The van der Waals surface area contributed by atoms with Crippen molar-refractivity contribution in [2.75, 3.05) is 21.3 Å². The Morgan fingerprint density at radius 2 is 0.710 bits per heavy atom. The van der Waals surface area contributed by atoms with E-state index in [1.807, 2.05) is 0 Å². The van der Waals surface area contributed by atoms with Gasteiger partial charge in [-0.1, -0.05) is 24.3 Å². The van der Waals surface area contributed by atoms with Crippen LogP contribution in [0.3, 0.4) is 0 Å². The van der Waals surface area contributed by atoms with E-state index in [4.69, 9.17) is 23.2 Å². The Morgan fingerprint density at radius 3 is 1.02 bits per heavy atom. The summed E-state index contributed by atoms with van der Waals surface area (Å²) >= 11 is 12.2. The van der Waals surface area contributed by atoms with Crippen LogP contribution in [-0.4, -0.2) is 81.8 Å². The van der Waals surface area contributed by atoms with Gasteiger partial charge >= 0.3 is 48.4 Å². The van der Waals surface area contributed by atoms with E-state index >= 15 is 0 Å². The van der Waals surface area contributed by atoms with Crippen molar-refractivity contribution >= 4 is 122 Å². The minimum absolute atomic E-state index is 0. The summed E-state index contributed by atoms with van der Waals surface area (Å²) in [5, 5.41) is 10.2. The van der Waals surface area contributed by atoms with E-state index in [0.29, 0.717) is 0 Å². The van der Waals surface area contributed by atoms with Gasteiger partial charge in [-0.25, -0.2) is 0 Å². The first-order valence-electron chi connectivity index (χ1n) is 16.0. The molecule has 0 atom stereocenters. The quantitative estimate of drug-likeness (QED) is 0.0388. The maximum atomic E-state index is 12.3. The molecule has 8 N–H and O–H groups in total. The van der Waals surface area contributed by atoms with Crippen LogP contribution < -0.4 is 69.7 Å². The third-order valence-corrected chi connectivity index (χ3v) is 11.1. The van der Waals surface area contributed by atoms with Crippen molar-refractivity contribution < 1.29 is 100 Å². The molecule has 2 aromatic heterocycles. The van der Waals surface area contributed by atoms with Crippen LogP contribution in [0.15, 0.2) is 105 Å². The molecular weight excluding hydrogens is 946 g/mol. The molecule has 0 amide bonds. The number of nitrogens with one attached hydrogen (secondary N) is 4. The van der Waals surface area contributed by atoms with Crippen LogP contribution in [0.2, 0.25) is 10.6 Å². The molecule has 0 aliphatic carbocycles. The predicted molar refractivity (Wildman–Crippen MR) is 217 cm³/mol. The van der Waals surface area contributed by atoms with Crippen LogP contribution in [0, 0.1) is 0 Å². The molecule has 0 aliphatic rings. The molecular formula is C32H24Cl2LiN10NaO12S4+2. The summed E-state index contributed by atoms with van der Waals surface area (Å²) in [5.74, 6) is -0.884. The zero-order chi connectivity index (χ0) is 43.6. The maximum absolute atomic E-state index is 12.3. The first kappa shape index (κ1) is 50.3. The van der Waals surface area contributed by atoms with Gasteiger partial charge in [0.15, 0.2) is 0 Å². The smallest absolute Gasteiger partial charge is 0.324 e. The van der Waals surface area contributed by atoms with Gasteiger partial charge in [-0.3, -0.25) is 18.2 Å². The van der Waals surface area contributed by atoms with Crippen LogP contribution in [0.5, 0.6) is 0 Å². The van der Waals surface area contributed by atoms with Crippen molar-refractivity contribution in [3.05, 3.63) is 107 Å². The van der Waals surface area contributed by atoms with Crippen LogP contribution in [0.4, 0.5) is 46.5 Å². The fourth-order valence-corrected chi connectivity index (χ4v) is 7.47. The monoisotopic (exact) mass is 968 g/mol. The molecule has 0 saturated carbocycles. The first-order chi connectivity index (χ1) is 28.0. The number of benzene rings is 4. The number of nitrogens with zero attached hydrogens (tertiary/aromatic N) is 6. The molecule has 0 spiro atoms.